The number of hydrogen-bond donors (Lipinski definition) is 0. The van der Waals surface area contributed by atoms with Gasteiger partial charge in [-0.2, -0.15) is 0 Å². The predicted molar refractivity (Wildman–Crippen MR) is 91.4 cm³/mol. The molecule has 21 heavy (non-hydrogen) atoms. The number of unbranched alkanes of at least 4 members (excludes halogenated alkanes) is 1. The molecule has 1 aromatic rings. The Morgan fingerprint density at radius 1 is 1.19 bits per heavy atom. The highest BCUT2D eigenvalue weighted by atomic mass is 35.5. The average molecular weight is 314 g/mol. The van der Waals surface area contributed by atoms with E-state index in [1.54, 1.807) is 12.0 Å². The molecule has 0 fully saturated rings. The van der Waals surface area contributed by atoms with Gasteiger partial charge in [0.2, 0.25) is 5.91 Å². The fourth-order valence-corrected chi connectivity index (χ4v) is 1.99. The Balaban J connectivity index is 0.000000885. The van der Waals surface area contributed by atoms with Crippen LogP contribution in [0.5, 0.6) is 0 Å². The summed E-state index contributed by atoms with van der Waals surface area (Å²) >= 11 is 5.65. The van der Waals surface area contributed by atoms with E-state index in [1.165, 1.54) is 12.8 Å². The van der Waals surface area contributed by atoms with E-state index in [-0.39, 0.29) is 11.8 Å². The topological polar surface area (TPSA) is 29.5 Å². The summed E-state index contributed by atoms with van der Waals surface area (Å²) in [6.45, 7) is 9.36. The van der Waals surface area contributed by atoms with E-state index in [1.807, 2.05) is 32.0 Å². The molecule has 1 rings (SSSR count). The number of aryl methyl sites for hydroxylation is 2. The van der Waals surface area contributed by atoms with Crippen LogP contribution in [0.4, 0.5) is 5.69 Å². The number of anilines is 1. The Hall–Kier alpha value is -1.06. The predicted octanol–water partition coefficient (Wildman–Crippen LogP) is 4.33. The Morgan fingerprint density at radius 2 is 1.71 bits per heavy atom. The number of para-hydroxylation sites is 1. The van der Waals surface area contributed by atoms with Gasteiger partial charge in [-0.1, -0.05) is 44.9 Å². The minimum atomic E-state index is -0.0962. The standard InChI is InChI=1S/C13H18ClNO2.C4H10/c1-10-5-4-6-11(2)13(10)15(7-8-17-3)12(16)9-14;1-3-4-2/h4-6H,7-9H2,1-3H3;3-4H2,1-2H3. The summed E-state index contributed by atoms with van der Waals surface area (Å²) in [5.74, 6) is -0.113. The molecule has 0 saturated heterocycles. The van der Waals surface area contributed by atoms with E-state index in [4.69, 9.17) is 16.3 Å². The molecule has 0 N–H and O–H groups in total. The first-order chi connectivity index (χ1) is 10.0. The van der Waals surface area contributed by atoms with Crippen LogP contribution in [0.1, 0.15) is 37.8 Å². The van der Waals surface area contributed by atoms with Gasteiger partial charge in [0.1, 0.15) is 5.88 Å². The number of nitrogens with zero attached hydrogens (tertiary/aromatic N) is 1. The van der Waals surface area contributed by atoms with Gasteiger partial charge in [0.15, 0.2) is 0 Å². The lowest BCUT2D eigenvalue weighted by molar-refractivity contribution is -0.116. The summed E-state index contributed by atoms with van der Waals surface area (Å²) in [5, 5.41) is 0. The minimum absolute atomic E-state index is 0.0164. The normalized spacial score (nSPS) is 9.81. The second-order valence-corrected chi connectivity index (χ2v) is 5.18. The fourth-order valence-electron chi connectivity index (χ4n) is 1.85. The van der Waals surface area contributed by atoms with Crippen LogP contribution in [0.15, 0.2) is 18.2 Å². The van der Waals surface area contributed by atoms with Crippen molar-refractivity contribution in [2.24, 2.45) is 0 Å². The van der Waals surface area contributed by atoms with Gasteiger partial charge in [0, 0.05) is 19.3 Å². The second kappa shape index (κ2) is 11.6. The van der Waals surface area contributed by atoms with Crippen molar-refractivity contribution in [3.8, 4) is 0 Å². The smallest absolute Gasteiger partial charge is 0.242 e. The van der Waals surface area contributed by atoms with E-state index in [0.29, 0.717) is 13.2 Å². The summed E-state index contributed by atoms with van der Waals surface area (Å²) in [5.41, 5.74) is 3.08. The van der Waals surface area contributed by atoms with Crippen molar-refractivity contribution in [1.29, 1.82) is 0 Å². The van der Waals surface area contributed by atoms with Crippen molar-refractivity contribution in [3.05, 3.63) is 29.3 Å². The van der Waals surface area contributed by atoms with Crippen molar-refractivity contribution in [2.75, 3.05) is 31.0 Å². The molecule has 3 nitrogen and oxygen atoms in total. The number of hydrogen-bond acceptors (Lipinski definition) is 2. The minimum Gasteiger partial charge on any atom is -0.383 e. The molecular weight excluding hydrogens is 286 g/mol. The molecule has 4 heteroatoms. The number of benzene rings is 1. The first kappa shape index (κ1) is 19.9. The maximum Gasteiger partial charge on any atom is 0.242 e. The van der Waals surface area contributed by atoms with Crippen molar-refractivity contribution < 1.29 is 9.53 Å². The molecular formula is C17H28ClNO2. The third-order valence-corrected chi connectivity index (χ3v) is 3.37. The molecule has 0 aliphatic heterocycles. The van der Waals surface area contributed by atoms with E-state index in [9.17, 15) is 4.79 Å². The van der Waals surface area contributed by atoms with Gasteiger partial charge in [0.25, 0.3) is 0 Å². The maximum atomic E-state index is 11.9. The van der Waals surface area contributed by atoms with Crippen LogP contribution in [0, 0.1) is 13.8 Å². The van der Waals surface area contributed by atoms with Crippen LogP contribution in [0.2, 0.25) is 0 Å². The Kier molecular flexibility index (Phi) is 11.0. The van der Waals surface area contributed by atoms with Crippen LogP contribution < -0.4 is 4.90 Å². The first-order valence-electron chi connectivity index (χ1n) is 7.44. The molecule has 0 unspecified atom stereocenters. The first-order valence-corrected chi connectivity index (χ1v) is 7.98. The number of rotatable bonds is 6. The molecule has 1 amide bonds. The molecule has 1 aromatic carbocycles. The monoisotopic (exact) mass is 313 g/mol. The van der Waals surface area contributed by atoms with Gasteiger partial charge in [0.05, 0.1) is 6.61 Å². The Bertz CT molecular complexity index is 399. The Labute approximate surface area is 134 Å². The highest BCUT2D eigenvalue weighted by molar-refractivity contribution is 6.29. The van der Waals surface area contributed by atoms with Gasteiger partial charge in [-0.15, -0.1) is 11.6 Å². The summed E-state index contributed by atoms with van der Waals surface area (Å²) in [4.78, 5) is 13.6. The molecule has 0 aliphatic rings. The molecule has 0 atom stereocenters. The largest absolute Gasteiger partial charge is 0.383 e. The van der Waals surface area contributed by atoms with Crippen LogP contribution in [0.25, 0.3) is 0 Å². The SMILES string of the molecule is CCCC.COCCN(C(=O)CCl)c1c(C)cccc1C. The van der Waals surface area contributed by atoms with Crippen LogP contribution in [-0.2, 0) is 9.53 Å². The quantitative estimate of drug-likeness (QED) is 0.732. The molecule has 0 saturated carbocycles. The van der Waals surface area contributed by atoms with E-state index < -0.39 is 0 Å². The van der Waals surface area contributed by atoms with Gasteiger partial charge in [-0.05, 0) is 25.0 Å². The van der Waals surface area contributed by atoms with Gasteiger partial charge < -0.3 is 9.64 Å². The van der Waals surface area contributed by atoms with Crippen molar-refractivity contribution >= 4 is 23.2 Å². The summed E-state index contributed by atoms with van der Waals surface area (Å²) < 4.78 is 5.03. The number of alkyl halides is 1. The lowest BCUT2D eigenvalue weighted by Gasteiger charge is -2.25. The van der Waals surface area contributed by atoms with Gasteiger partial charge >= 0.3 is 0 Å². The number of carbonyl (C=O) groups is 1. The highest BCUT2D eigenvalue weighted by Crippen LogP contribution is 2.24. The van der Waals surface area contributed by atoms with Crippen molar-refractivity contribution in [2.45, 2.75) is 40.5 Å². The van der Waals surface area contributed by atoms with Crippen molar-refractivity contribution in [1.82, 2.24) is 0 Å². The summed E-state index contributed by atoms with van der Waals surface area (Å²) in [6, 6.07) is 5.96. The third kappa shape index (κ3) is 6.96. The summed E-state index contributed by atoms with van der Waals surface area (Å²) in [7, 11) is 1.62. The van der Waals surface area contributed by atoms with Gasteiger partial charge in [-0.3, -0.25) is 4.79 Å². The zero-order valence-electron chi connectivity index (χ0n) is 13.9. The molecule has 0 aliphatic carbocycles. The van der Waals surface area contributed by atoms with E-state index in [0.717, 1.165) is 16.8 Å². The van der Waals surface area contributed by atoms with Crippen LogP contribution >= 0.6 is 11.6 Å². The number of methoxy groups -OCH3 is 1. The molecule has 120 valence electrons. The zero-order chi connectivity index (χ0) is 16.3. The number of amides is 1. The van der Waals surface area contributed by atoms with E-state index in [2.05, 4.69) is 13.8 Å². The average Bonchev–Trinajstić information content (AvgIpc) is 2.49. The number of ether oxygens (including phenoxy) is 1. The molecule has 0 radical (unpaired) electrons. The number of halogens is 1. The van der Waals surface area contributed by atoms with Crippen LogP contribution in [-0.4, -0.2) is 32.0 Å². The lowest BCUT2D eigenvalue weighted by Crippen LogP contribution is -2.35. The Morgan fingerprint density at radius 3 is 2.10 bits per heavy atom. The lowest BCUT2D eigenvalue weighted by atomic mass is 10.1. The molecule has 0 spiro atoms. The summed E-state index contributed by atoms with van der Waals surface area (Å²) in [6.07, 6.45) is 2.64. The second-order valence-electron chi connectivity index (χ2n) is 4.91. The zero-order valence-corrected chi connectivity index (χ0v) is 14.7. The molecule has 0 heterocycles. The third-order valence-electron chi connectivity index (χ3n) is 3.14. The highest BCUT2D eigenvalue weighted by Gasteiger charge is 2.17. The maximum absolute atomic E-state index is 11.9. The molecule has 0 bridgehead atoms. The van der Waals surface area contributed by atoms with Crippen molar-refractivity contribution in [3.63, 3.8) is 0 Å². The molecule has 0 aromatic heterocycles. The number of carbonyl (C=O) groups excluding carboxylic acids is 1. The fraction of sp³-hybridized carbons (Fsp3) is 0.588. The van der Waals surface area contributed by atoms with E-state index >= 15 is 0 Å². The van der Waals surface area contributed by atoms with Crippen LogP contribution in [0.3, 0.4) is 0 Å². The van der Waals surface area contributed by atoms with Gasteiger partial charge in [-0.25, -0.2) is 0 Å².